The third-order valence-corrected chi connectivity index (χ3v) is 2.83. The maximum atomic E-state index is 11.7. The molecule has 1 saturated heterocycles. The van der Waals surface area contributed by atoms with Crippen molar-refractivity contribution in [2.45, 2.75) is 12.8 Å². The van der Waals surface area contributed by atoms with Crippen LogP contribution in [0.2, 0.25) is 0 Å². The van der Waals surface area contributed by atoms with Gasteiger partial charge in [-0.2, -0.15) is 5.10 Å². The van der Waals surface area contributed by atoms with Crippen LogP contribution in [0.25, 0.3) is 0 Å². The summed E-state index contributed by atoms with van der Waals surface area (Å²) in [6.45, 7) is 1.26. The summed E-state index contributed by atoms with van der Waals surface area (Å²) in [5.74, 6) is -0.0676. The molecule has 0 spiro atoms. The first-order chi connectivity index (χ1) is 8.15. The minimum absolute atomic E-state index is 0.0141. The SMILES string of the molecule is Cn1cc(CCN2CCC(=O)NCC2=O)cn1. The first kappa shape index (κ1) is 11.6. The molecule has 1 aromatic heterocycles. The van der Waals surface area contributed by atoms with Crippen LogP contribution in [0, 0.1) is 0 Å². The Morgan fingerprint density at radius 3 is 3.00 bits per heavy atom. The fourth-order valence-corrected chi connectivity index (χ4v) is 1.84. The summed E-state index contributed by atoms with van der Waals surface area (Å²) >= 11 is 0. The van der Waals surface area contributed by atoms with Crippen LogP contribution in [-0.4, -0.2) is 46.1 Å². The topological polar surface area (TPSA) is 67.2 Å². The Balaban J connectivity index is 1.89. The highest BCUT2D eigenvalue weighted by molar-refractivity contribution is 5.87. The van der Waals surface area contributed by atoms with Crippen molar-refractivity contribution in [2.75, 3.05) is 19.6 Å². The molecule has 17 heavy (non-hydrogen) atoms. The number of aromatic nitrogens is 2. The molecule has 0 radical (unpaired) electrons. The van der Waals surface area contributed by atoms with Gasteiger partial charge < -0.3 is 10.2 Å². The van der Waals surface area contributed by atoms with E-state index in [1.54, 1.807) is 15.8 Å². The minimum atomic E-state index is -0.0535. The molecule has 0 aromatic carbocycles. The second-order valence-electron chi connectivity index (χ2n) is 4.18. The van der Waals surface area contributed by atoms with Crippen LogP contribution in [0.15, 0.2) is 12.4 Å². The molecule has 0 atom stereocenters. The van der Waals surface area contributed by atoms with Crippen molar-refractivity contribution in [1.29, 1.82) is 0 Å². The van der Waals surface area contributed by atoms with E-state index in [0.29, 0.717) is 19.5 Å². The standard InChI is InChI=1S/C11H16N4O2/c1-14-8-9(6-13-14)2-4-15-5-3-10(16)12-7-11(15)17/h6,8H,2-5,7H2,1H3,(H,12,16). The van der Waals surface area contributed by atoms with Gasteiger partial charge in [0.2, 0.25) is 11.8 Å². The average molecular weight is 236 g/mol. The number of amides is 2. The van der Waals surface area contributed by atoms with E-state index in [-0.39, 0.29) is 18.4 Å². The summed E-state index contributed by atoms with van der Waals surface area (Å²) in [6, 6.07) is 0. The van der Waals surface area contributed by atoms with Gasteiger partial charge in [0, 0.05) is 32.8 Å². The Bertz CT molecular complexity index is 427. The summed E-state index contributed by atoms with van der Waals surface area (Å²) in [5, 5.41) is 6.66. The fraction of sp³-hybridized carbons (Fsp3) is 0.545. The molecule has 0 bridgehead atoms. The van der Waals surface area contributed by atoms with Crippen LogP contribution in [0.3, 0.4) is 0 Å². The lowest BCUT2D eigenvalue weighted by molar-refractivity contribution is -0.130. The zero-order chi connectivity index (χ0) is 12.3. The van der Waals surface area contributed by atoms with Gasteiger partial charge in [-0.05, 0) is 12.0 Å². The lowest BCUT2D eigenvalue weighted by atomic mass is 10.2. The maximum Gasteiger partial charge on any atom is 0.241 e. The van der Waals surface area contributed by atoms with Crippen molar-refractivity contribution < 1.29 is 9.59 Å². The molecular formula is C11H16N4O2. The molecule has 0 saturated carbocycles. The monoisotopic (exact) mass is 236 g/mol. The molecule has 0 aliphatic carbocycles. The molecule has 92 valence electrons. The molecule has 6 nitrogen and oxygen atoms in total. The number of carbonyl (C=O) groups excluding carboxylic acids is 2. The lowest BCUT2D eigenvalue weighted by Crippen LogP contribution is -2.36. The van der Waals surface area contributed by atoms with E-state index in [9.17, 15) is 9.59 Å². The smallest absolute Gasteiger partial charge is 0.241 e. The van der Waals surface area contributed by atoms with Crippen LogP contribution < -0.4 is 5.32 Å². The highest BCUT2D eigenvalue weighted by Crippen LogP contribution is 2.03. The number of carbonyl (C=O) groups is 2. The van der Waals surface area contributed by atoms with Gasteiger partial charge in [-0.3, -0.25) is 14.3 Å². The first-order valence-corrected chi connectivity index (χ1v) is 5.67. The van der Waals surface area contributed by atoms with Crippen LogP contribution >= 0.6 is 0 Å². The highest BCUT2D eigenvalue weighted by Gasteiger charge is 2.19. The van der Waals surface area contributed by atoms with Gasteiger partial charge >= 0.3 is 0 Å². The number of hydrogen-bond acceptors (Lipinski definition) is 3. The number of hydrogen-bond donors (Lipinski definition) is 1. The van der Waals surface area contributed by atoms with E-state index in [1.807, 2.05) is 13.2 Å². The molecule has 2 rings (SSSR count). The molecule has 1 aliphatic rings. The third-order valence-electron chi connectivity index (χ3n) is 2.83. The van der Waals surface area contributed by atoms with Gasteiger partial charge in [0.1, 0.15) is 0 Å². The molecule has 1 fully saturated rings. The lowest BCUT2D eigenvalue weighted by Gasteiger charge is -2.18. The zero-order valence-electron chi connectivity index (χ0n) is 9.85. The Labute approximate surface area is 99.6 Å². The predicted octanol–water partition coefficient (Wildman–Crippen LogP) is -0.689. The summed E-state index contributed by atoms with van der Waals surface area (Å²) in [6.07, 6.45) is 4.89. The van der Waals surface area contributed by atoms with Gasteiger partial charge in [-0.15, -0.1) is 0 Å². The molecule has 1 N–H and O–H groups in total. The van der Waals surface area contributed by atoms with Crippen LogP contribution in [0.1, 0.15) is 12.0 Å². The third kappa shape index (κ3) is 3.05. The molecule has 0 unspecified atom stereocenters. The average Bonchev–Trinajstić information content (AvgIpc) is 2.64. The molecule has 1 aromatic rings. The predicted molar refractivity (Wildman–Crippen MR) is 61.1 cm³/mol. The Kier molecular flexibility index (Phi) is 3.41. The fourth-order valence-electron chi connectivity index (χ4n) is 1.84. The Hall–Kier alpha value is -1.85. The Morgan fingerprint density at radius 1 is 1.47 bits per heavy atom. The minimum Gasteiger partial charge on any atom is -0.347 e. The summed E-state index contributed by atoms with van der Waals surface area (Å²) in [4.78, 5) is 24.6. The van der Waals surface area contributed by atoms with Crippen LogP contribution in [-0.2, 0) is 23.1 Å². The normalized spacial score (nSPS) is 16.9. The van der Waals surface area contributed by atoms with Gasteiger partial charge in [-0.1, -0.05) is 0 Å². The molecule has 2 heterocycles. The second-order valence-corrected chi connectivity index (χ2v) is 4.18. The van der Waals surface area contributed by atoms with E-state index in [2.05, 4.69) is 10.4 Å². The highest BCUT2D eigenvalue weighted by atomic mass is 16.2. The van der Waals surface area contributed by atoms with Crippen molar-refractivity contribution >= 4 is 11.8 Å². The van der Waals surface area contributed by atoms with E-state index < -0.39 is 0 Å². The molecule has 1 aliphatic heterocycles. The van der Waals surface area contributed by atoms with Gasteiger partial charge in [-0.25, -0.2) is 0 Å². The zero-order valence-corrected chi connectivity index (χ0v) is 9.85. The van der Waals surface area contributed by atoms with Crippen molar-refractivity contribution in [3.05, 3.63) is 18.0 Å². The van der Waals surface area contributed by atoms with Crippen molar-refractivity contribution in [2.24, 2.45) is 7.05 Å². The molecule has 2 amide bonds. The van der Waals surface area contributed by atoms with E-state index in [0.717, 1.165) is 12.0 Å². The van der Waals surface area contributed by atoms with Gasteiger partial charge in [0.15, 0.2) is 0 Å². The number of aryl methyl sites for hydroxylation is 1. The first-order valence-electron chi connectivity index (χ1n) is 5.67. The van der Waals surface area contributed by atoms with Crippen molar-refractivity contribution in [3.8, 4) is 0 Å². The number of nitrogens with one attached hydrogen (secondary N) is 1. The van der Waals surface area contributed by atoms with Crippen LogP contribution in [0.4, 0.5) is 0 Å². The maximum absolute atomic E-state index is 11.7. The Morgan fingerprint density at radius 2 is 2.29 bits per heavy atom. The largest absolute Gasteiger partial charge is 0.347 e. The van der Waals surface area contributed by atoms with E-state index in [1.165, 1.54) is 0 Å². The summed E-state index contributed by atoms with van der Waals surface area (Å²) in [5.41, 5.74) is 1.10. The molecular weight excluding hydrogens is 220 g/mol. The summed E-state index contributed by atoms with van der Waals surface area (Å²) < 4.78 is 1.74. The quantitative estimate of drug-likeness (QED) is 0.755. The number of nitrogens with zero attached hydrogens (tertiary/aromatic N) is 3. The number of rotatable bonds is 3. The van der Waals surface area contributed by atoms with Gasteiger partial charge in [0.25, 0.3) is 0 Å². The van der Waals surface area contributed by atoms with Crippen molar-refractivity contribution in [1.82, 2.24) is 20.0 Å². The van der Waals surface area contributed by atoms with E-state index in [4.69, 9.17) is 0 Å². The molecule has 6 heteroatoms. The van der Waals surface area contributed by atoms with E-state index >= 15 is 0 Å². The summed E-state index contributed by atoms with van der Waals surface area (Å²) in [7, 11) is 1.86. The van der Waals surface area contributed by atoms with Crippen LogP contribution in [0.5, 0.6) is 0 Å². The second kappa shape index (κ2) is 4.99. The van der Waals surface area contributed by atoms with Crippen molar-refractivity contribution in [3.63, 3.8) is 0 Å². The van der Waals surface area contributed by atoms with Gasteiger partial charge in [0.05, 0.1) is 12.7 Å².